The van der Waals surface area contributed by atoms with Crippen molar-refractivity contribution in [3.05, 3.63) is 134 Å². The van der Waals surface area contributed by atoms with Crippen molar-refractivity contribution in [2.75, 3.05) is 7.11 Å². The summed E-state index contributed by atoms with van der Waals surface area (Å²) in [5.74, 6) is -0.208. The second-order valence-electron chi connectivity index (χ2n) is 9.05. The van der Waals surface area contributed by atoms with E-state index in [1.54, 1.807) is 54.1 Å². The number of rotatable bonds is 8. The average Bonchev–Trinajstić information content (AvgIpc) is 2.95. The molecule has 0 aliphatic carbocycles. The molecule has 0 spiro atoms. The predicted octanol–water partition coefficient (Wildman–Crippen LogP) is 7.60. The van der Waals surface area contributed by atoms with Gasteiger partial charge in [-0.1, -0.05) is 82.1 Å². The fourth-order valence-electron chi connectivity index (χ4n) is 4.64. The molecule has 0 unspecified atom stereocenters. The third kappa shape index (κ3) is 5.58. The van der Waals surface area contributed by atoms with Crippen molar-refractivity contribution >= 4 is 50.0 Å². The van der Waals surface area contributed by atoms with E-state index in [9.17, 15) is 14.4 Å². The quantitative estimate of drug-likeness (QED) is 0.136. The van der Waals surface area contributed by atoms with Crippen LogP contribution in [0.3, 0.4) is 0 Å². The number of nitrogens with zero attached hydrogens (tertiary/aromatic N) is 1. The number of aromatic nitrogens is 1. The first-order chi connectivity index (χ1) is 18.9. The van der Waals surface area contributed by atoms with Crippen molar-refractivity contribution in [2.45, 2.75) is 13.0 Å². The number of ether oxygens (including phenoxy) is 1. The van der Waals surface area contributed by atoms with E-state index in [-0.39, 0.29) is 17.9 Å². The first kappa shape index (κ1) is 26.6. The zero-order valence-corrected chi connectivity index (χ0v) is 23.3. The Bertz CT molecular complexity index is 1740. The lowest BCUT2D eigenvalue weighted by molar-refractivity contribution is 0.0893. The summed E-state index contributed by atoms with van der Waals surface area (Å²) in [5.41, 5.74) is 2.55. The van der Waals surface area contributed by atoms with E-state index in [0.29, 0.717) is 38.4 Å². The van der Waals surface area contributed by atoms with E-state index in [1.807, 2.05) is 54.6 Å². The van der Waals surface area contributed by atoms with Crippen molar-refractivity contribution in [1.82, 2.24) is 4.57 Å². The molecule has 0 saturated heterocycles. The lowest BCUT2D eigenvalue weighted by Crippen LogP contribution is -2.29. The SMILES string of the molecule is COc1ccc(Cn2c(=O)c(C(=O)CC(=O)c3ccc(Br)cc3)c(-c3ccccc3)c3cc(Cl)ccc32)cc1. The summed E-state index contributed by atoms with van der Waals surface area (Å²) >= 11 is 9.79. The smallest absolute Gasteiger partial charge is 0.262 e. The minimum absolute atomic E-state index is 0.0325. The Morgan fingerprint density at radius 3 is 2.23 bits per heavy atom. The molecule has 0 radical (unpaired) electrons. The summed E-state index contributed by atoms with van der Waals surface area (Å²) < 4.78 is 7.65. The van der Waals surface area contributed by atoms with Crippen LogP contribution in [0.2, 0.25) is 5.02 Å². The Balaban J connectivity index is 1.71. The predicted molar refractivity (Wildman–Crippen MR) is 158 cm³/mol. The highest BCUT2D eigenvalue weighted by Gasteiger charge is 2.25. The lowest BCUT2D eigenvalue weighted by atomic mass is 9.91. The van der Waals surface area contributed by atoms with Crippen molar-refractivity contribution in [3.8, 4) is 16.9 Å². The number of ketones is 2. The van der Waals surface area contributed by atoms with E-state index >= 15 is 0 Å². The Hall–Kier alpha value is -4.00. The third-order valence-electron chi connectivity index (χ3n) is 6.56. The molecule has 194 valence electrons. The highest BCUT2D eigenvalue weighted by Crippen LogP contribution is 2.33. The van der Waals surface area contributed by atoms with Gasteiger partial charge < -0.3 is 9.30 Å². The van der Waals surface area contributed by atoms with Gasteiger partial charge in [-0.15, -0.1) is 0 Å². The monoisotopic (exact) mass is 599 g/mol. The molecule has 39 heavy (non-hydrogen) atoms. The molecule has 5 rings (SSSR count). The molecular weight excluding hydrogens is 578 g/mol. The summed E-state index contributed by atoms with van der Waals surface area (Å²) in [5, 5.41) is 1.12. The number of methoxy groups -OCH3 is 1. The fourth-order valence-corrected chi connectivity index (χ4v) is 5.07. The van der Waals surface area contributed by atoms with Gasteiger partial charge in [-0.2, -0.15) is 0 Å². The molecule has 4 aromatic carbocycles. The molecule has 0 amide bonds. The van der Waals surface area contributed by atoms with Crippen LogP contribution in [0.15, 0.2) is 106 Å². The molecular formula is C32H23BrClNO4. The van der Waals surface area contributed by atoms with Crippen LogP contribution < -0.4 is 10.3 Å². The summed E-state index contributed by atoms with van der Waals surface area (Å²) in [6.45, 7) is 0.219. The topological polar surface area (TPSA) is 65.4 Å². The van der Waals surface area contributed by atoms with Crippen LogP contribution in [0.4, 0.5) is 0 Å². The van der Waals surface area contributed by atoms with Crippen LogP contribution in [0.5, 0.6) is 5.75 Å². The van der Waals surface area contributed by atoms with Gasteiger partial charge in [0.1, 0.15) is 5.75 Å². The number of carbonyl (C=O) groups excluding carboxylic acids is 2. The number of hydrogen-bond donors (Lipinski definition) is 0. The first-order valence-corrected chi connectivity index (χ1v) is 13.4. The number of hydrogen-bond acceptors (Lipinski definition) is 4. The summed E-state index contributed by atoms with van der Waals surface area (Å²) in [6.07, 6.45) is -0.439. The second-order valence-corrected chi connectivity index (χ2v) is 10.4. The Morgan fingerprint density at radius 1 is 0.872 bits per heavy atom. The van der Waals surface area contributed by atoms with Crippen molar-refractivity contribution in [1.29, 1.82) is 0 Å². The molecule has 7 heteroatoms. The average molecular weight is 601 g/mol. The van der Waals surface area contributed by atoms with Crippen LogP contribution in [-0.2, 0) is 6.54 Å². The zero-order chi connectivity index (χ0) is 27.5. The Kier molecular flexibility index (Phi) is 7.77. The van der Waals surface area contributed by atoms with E-state index in [0.717, 1.165) is 10.0 Å². The van der Waals surface area contributed by atoms with Gasteiger partial charge in [-0.05, 0) is 53.6 Å². The number of benzene rings is 4. The van der Waals surface area contributed by atoms with Gasteiger partial charge in [-0.3, -0.25) is 14.4 Å². The maximum atomic E-state index is 14.2. The second kappa shape index (κ2) is 11.4. The third-order valence-corrected chi connectivity index (χ3v) is 7.32. The molecule has 0 saturated carbocycles. The van der Waals surface area contributed by atoms with Crippen LogP contribution >= 0.6 is 27.5 Å². The molecule has 1 heterocycles. The lowest BCUT2D eigenvalue weighted by Gasteiger charge is -2.18. The largest absolute Gasteiger partial charge is 0.497 e. The van der Waals surface area contributed by atoms with Gasteiger partial charge in [0.25, 0.3) is 5.56 Å². The van der Waals surface area contributed by atoms with Crippen LogP contribution in [0.1, 0.15) is 32.7 Å². The minimum atomic E-state index is -0.544. The highest BCUT2D eigenvalue weighted by molar-refractivity contribution is 9.10. The Morgan fingerprint density at radius 2 is 1.56 bits per heavy atom. The van der Waals surface area contributed by atoms with Crippen LogP contribution in [-0.4, -0.2) is 23.2 Å². The van der Waals surface area contributed by atoms with Crippen molar-refractivity contribution < 1.29 is 14.3 Å². The summed E-state index contributed by atoms with van der Waals surface area (Å²) in [4.78, 5) is 41.1. The maximum absolute atomic E-state index is 14.2. The number of fused-ring (bicyclic) bond motifs is 1. The van der Waals surface area contributed by atoms with Gasteiger partial charge >= 0.3 is 0 Å². The minimum Gasteiger partial charge on any atom is -0.497 e. The molecule has 5 aromatic rings. The highest BCUT2D eigenvalue weighted by atomic mass is 79.9. The summed E-state index contributed by atoms with van der Waals surface area (Å²) in [7, 11) is 1.59. The molecule has 0 fully saturated rings. The number of carbonyl (C=O) groups is 2. The van der Waals surface area contributed by atoms with Crippen molar-refractivity contribution in [3.63, 3.8) is 0 Å². The number of Topliss-reactive ketones (excluding diaryl/α,β-unsaturated/α-hetero) is 2. The fraction of sp³-hybridized carbons (Fsp3) is 0.0938. The van der Waals surface area contributed by atoms with Gasteiger partial charge in [0, 0.05) is 26.0 Å². The maximum Gasteiger partial charge on any atom is 0.262 e. The normalized spacial score (nSPS) is 10.9. The molecule has 0 aliphatic rings. The standard InChI is InChI=1S/C32H23BrClNO4/c1-39-25-14-7-20(8-15-25)19-35-27-16-13-24(34)17-26(27)30(22-5-3-2-4-6-22)31(32(35)38)29(37)18-28(36)21-9-11-23(33)12-10-21/h2-17H,18-19H2,1H3. The van der Waals surface area contributed by atoms with E-state index < -0.39 is 17.8 Å². The van der Waals surface area contributed by atoms with Gasteiger partial charge in [-0.25, -0.2) is 0 Å². The number of pyridine rings is 1. The van der Waals surface area contributed by atoms with Crippen LogP contribution in [0.25, 0.3) is 22.0 Å². The Labute approximate surface area is 238 Å². The van der Waals surface area contributed by atoms with Crippen LogP contribution in [0, 0.1) is 0 Å². The summed E-state index contributed by atoms with van der Waals surface area (Å²) in [6, 6.07) is 28.7. The van der Waals surface area contributed by atoms with E-state index in [4.69, 9.17) is 16.3 Å². The first-order valence-electron chi connectivity index (χ1n) is 12.2. The molecule has 0 atom stereocenters. The van der Waals surface area contributed by atoms with Gasteiger partial charge in [0.2, 0.25) is 0 Å². The van der Waals surface area contributed by atoms with E-state index in [2.05, 4.69) is 15.9 Å². The van der Waals surface area contributed by atoms with E-state index in [1.165, 1.54) is 0 Å². The molecule has 5 nitrogen and oxygen atoms in total. The van der Waals surface area contributed by atoms with Gasteiger partial charge in [0.15, 0.2) is 11.6 Å². The zero-order valence-electron chi connectivity index (χ0n) is 21.0. The molecule has 0 bridgehead atoms. The number of halogens is 2. The van der Waals surface area contributed by atoms with Gasteiger partial charge in [0.05, 0.1) is 31.2 Å². The molecule has 0 aliphatic heterocycles. The molecule has 1 aromatic heterocycles. The molecule has 0 N–H and O–H groups in total. The van der Waals surface area contributed by atoms with Crippen molar-refractivity contribution in [2.24, 2.45) is 0 Å².